The van der Waals surface area contributed by atoms with Gasteiger partial charge in [-0.05, 0) is 41.5 Å². The molecule has 0 radical (unpaired) electrons. The number of phosphoric ester groups is 1. The van der Waals surface area contributed by atoms with Gasteiger partial charge in [-0.1, -0.05) is 0 Å². The lowest BCUT2D eigenvalue weighted by molar-refractivity contribution is 0.0615. The van der Waals surface area contributed by atoms with Gasteiger partial charge in [0.2, 0.25) is 0 Å². The molecule has 1 unspecified atom stereocenters. The van der Waals surface area contributed by atoms with Gasteiger partial charge in [0, 0.05) is 12.1 Å². The Balaban J connectivity index is 3.89. The molecule has 0 aromatic heterocycles. The molecule has 0 aromatic carbocycles. The highest BCUT2D eigenvalue weighted by atomic mass is 31.2. The highest BCUT2D eigenvalue weighted by Gasteiger charge is 2.28. The fraction of sp³-hybridized carbons (Fsp3) is 1.00. The predicted molar refractivity (Wildman–Crippen MR) is 64.4 cm³/mol. The van der Waals surface area contributed by atoms with E-state index in [0.29, 0.717) is 6.54 Å². The molecule has 0 aliphatic carbocycles. The van der Waals surface area contributed by atoms with Gasteiger partial charge in [-0.25, -0.2) is 4.57 Å². The fourth-order valence-corrected chi connectivity index (χ4v) is 2.03. The number of hydrogen-bond acceptors (Lipinski definition) is 4. The van der Waals surface area contributed by atoms with Crippen molar-refractivity contribution in [3.05, 3.63) is 0 Å². The molecule has 0 aromatic rings. The average molecular weight is 253 g/mol. The first-order valence-corrected chi connectivity index (χ1v) is 6.84. The van der Waals surface area contributed by atoms with Gasteiger partial charge in [0.1, 0.15) is 0 Å². The third-order valence-electron chi connectivity index (χ3n) is 1.40. The number of phosphoric acid groups is 1. The average Bonchev–Trinajstić information content (AvgIpc) is 1.91. The minimum atomic E-state index is -3.94. The molecule has 1 atom stereocenters. The topological polar surface area (TPSA) is 67.8 Å². The van der Waals surface area contributed by atoms with Crippen LogP contribution in [0.4, 0.5) is 0 Å². The second-order valence-electron chi connectivity index (χ2n) is 5.68. The molecule has 0 saturated heterocycles. The van der Waals surface area contributed by atoms with Crippen molar-refractivity contribution < 1.29 is 18.5 Å². The van der Waals surface area contributed by atoms with Crippen LogP contribution in [0.2, 0.25) is 0 Å². The zero-order chi connectivity index (χ0) is 13.0. The van der Waals surface area contributed by atoms with Crippen molar-refractivity contribution in [3.8, 4) is 0 Å². The fourth-order valence-electron chi connectivity index (χ4n) is 0.959. The minimum Gasteiger partial charge on any atom is -0.310 e. The molecule has 0 amide bonds. The lowest BCUT2D eigenvalue weighted by atomic mass is 10.1. The quantitative estimate of drug-likeness (QED) is 0.581. The van der Waals surface area contributed by atoms with Gasteiger partial charge in [-0.2, -0.15) is 0 Å². The van der Waals surface area contributed by atoms with E-state index in [1.54, 1.807) is 20.8 Å². The molecular formula is C10H24NO4P. The van der Waals surface area contributed by atoms with Gasteiger partial charge in [0.15, 0.2) is 0 Å². The molecule has 0 spiro atoms. The Kier molecular flexibility index (Phi) is 5.63. The van der Waals surface area contributed by atoms with Gasteiger partial charge in [0.05, 0.1) is 12.2 Å². The van der Waals surface area contributed by atoms with Crippen LogP contribution in [0.3, 0.4) is 0 Å². The summed E-state index contributed by atoms with van der Waals surface area (Å²) in [6, 6.07) is 0. The highest BCUT2D eigenvalue weighted by Crippen LogP contribution is 2.46. The van der Waals surface area contributed by atoms with Crippen molar-refractivity contribution in [2.24, 2.45) is 0 Å². The predicted octanol–water partition coefficient (Wildman–Crippen LogP) is 2.31. The van der Waals surface area contributed by atoms with Crippen molar-refractivity contribution in [2.45, 2.75) is 52.7 Å². The van der Waals surface area contributed by atoms with Gasteiger partial charge in [0.25, 0.3) is 0 Å². The van der Waals surface area contributed by atoms with Gasteiger partial charge in [-0.15, -0.1) is 0 Å². The molecule has 0 aliphatic heterocycles. The molecule has 0 fully saturated rings. The van der Waals surface area contributed by atoms with Crippen LogP contribution in [0.25, 0.3) is 0 Å². The molecule has 0 bridgehead atoms. The summed E-state index contributed by atoms with van der Waals surface area (Å²) in [5.41, 5.74) is -0.727. The Morgan fingerprint density at radius 3 is 2.06 bits per heavy atom. The molecule has 2 N–H and O–H groups in total. The van der Waals surface area contributed by atoms with Crippen molar-refractivity contribution in [1.29, 1.82) is 0 Å². The largest absolute Gasteiger partial charge is 0.472 e. The first kappa shape index (κ1) is 16.1. The van der Waals surface area contributed by atoms with Crippen LogP contribution in [0.15, 0.2) is 0 Å². The molecule has 98 valence electrons. The Labute approximate surface area is 98.1 Å². The van der Waals surface area contributed by atoms with Gasteiger partial charge in [-0.3, -0.25) is 9.05 Å². The van der Waals surface area contributed by atoms with E-state index in [2.05, 4.69) is 5.32 Å². The summed E-state index contributed by atoms with van der Waals surface area (Å²) in [6.07, 6.45) is 0. The van der Waals surface area contributed by atoms with Crippen LogP contribution in [0.5, 0.6) is 0 Å². The van der Waals surface area contributed by atoms with E-state index in [1.807, 2.05) is 20.8 Å². The first-order valence-electron chi connectivity index (χ1n) is 5.34. The molecule has 0 rings (SSSR count). The lowest BCUT2D eigenvalue weighted by Crippen LogP contribution is -2.37. The number of hydrogen-bond donors (Lipinski definition) is 2. The van der Waals surface area contributed by atoms with Crippen LogP contribution < -0.4 is 5.32 Å². The summed E-state index contributed by atoms with van der Waals surface area (Å²) in [6.45, 7) is 11.8. The molecule has 0 saturated carbocycles. The van der Waals surface area contributed by atoms with E-state index in [0.717, 1.165) is 0 Å². The van der Waals surface area contributed by atoms with Gasteiger partial charge >= 0.3 is 7.82 Å². The maximum absolute atomic E-state index is 11.4. The Bertz CT molecular complexity index is 255. The third-order valence-corrected chi connectivity index (χ3v) is 2.69. The minimum absolute atomic E-state index is 0.0340. The van der Waals surface area contributed by atoms with E-state index < -0.39 is 13.4 Å². The summed E-state index contributed by atoms with van der Waals surface area (Å²) in [5.74, 6) is 0. The van der Waals surface area contributed by atoms with E-state index in [1.165, 1.54) is 0 Å². The van der Waals surface area contributed by atoms with Crippen LogP contribution >= 0.6 is 7.82 Å². The van der Waals surface area contributed by atoms with Crippen LogP contribution in [0, 0.1) is 0 Å². The zero-order valence-electron chi connectivity index (χ0n) is 11.0. The second kappa shape index (κ2) is 5.61. The maximum Gasteiger partial charge on any atom is 0.472 e. The molecular weight excluding hydrogens is 229 g/mol. The van der Waals surface area contributed by atoms with E-state index >= 15 is 0 Å². The number of nitrogens with one attached hydrogen (secondary N) is 1. The second-order valence-corrected chi connectivity index (χ2v) is 7.06. The Morgan fingerprint density at radius 2 is 1.69 bits per heavy atom. The Hall–Kier alpha value is 0.0700. The van der Waals surface area contributed by atoms with E-state index in [-0.39, 0.29) is 12.1 Å². The summed E-state index contributed by atoms with van der Waals surface area (Å²) in [5, 5.41) is 3.14. The van der Waals surface area contributed by atoms with E-state index in [9.17, 15) is 9.46 Å². The van der Waals surface area contributed by atoms with Crippen molar-refractivity contribution in [2.75, 3.05) is 13.2 Å². The summed E-state index contributed by atoms with van der Waals surface area (Å²) >= 11 is 0. The van der Waals surface area contributed by atoms with Crippen LogP contribution in [-0.2, 0) is 13.6 Å². The Morgan fingerprint density at radius 1 is 1.19 bits per heavy atom. The first-order chi connectivity index (χ1) is 6.91. The summed E-state index contributed by atoms with van der Waals surface area (Å²) < 4.78 is 21.2. The maximum atomic E-state index is 11.4. The van der Waals surface area contributed by atoms with Crippen molar-refractivity contribution in [3.63, 3.8) is 0 Å². The molecule has 5 nitrogen and oxygen atoms in total. The molecule has 0 aliphatic rings. The van der Waals surface area contributed by atoms with Crippen LogP contribution in [0.1, 0.15) is 41.5 Å². The number of rotatable bonds is 5. The normalized spacial score (nSPS) is 17.2. The van der Waals surface area contributed by atoms with E-state index in [4.69, 9.17) is 9.05 Å². The lowest BCUT2D eigenvalue weighted by Gasteiger charge is -2.24. The molecule has 0 heterocycles. The van der Waals surface area contributed by atoms with Crippen molar-refractivity contribution >= 4 is 7.82 Å². The van der Waals surface area contributed by atoms with Gasteiger partial charge < -0.3 is 10.2 Å². The van der Waals surface area contributed by atoms with Crippen LogP contribution in [-0.4, -0.2) is 29.2 Å². The van der Waals surface area contributed by atoms with Crippen molar-refractivity contribution in [1.82, 2.24) is 5.32 Å². The standard InChI is InChI=1S/C10H24NO4P/c1-9(2,3)11-7-8-14-16(12,13)15-10(4,5)6/h11H,7-8H2,1-6H3,(H,12,13). The SMILES string of the molecule is CC(C)(C)NCCOP(=O)(O)OC(C)(C)C. The monoisotopic (exact) mass is 253 g/mol. The smallest absolute Gasteiger partial charge is 0.310 e. The molecule has 16 heavy (non-hydrogen) atoms. The summed E-state index contributed by atoms with van der Waals surface area (Å²) in [4.78, 5) is 9.36. The third kappa shape index (κ3) is 10.6. The summed E-state index contributed by atoms with van der Waals surface area (Å²) in [7, 11) is -3.94. The zero-order valence-corrected chi connectivity index (χ0v) is 11.9. The molecule has 6 heteroatoms. The highest BCUT2D eigenvalue weighted by molar-refractivity contribution is 7.47.